The summed E-state index contributed by atoms with van der Waals surface area (Å²) in [6.45, 7) is 4.99. The molecule has 0 spiro atoms. The van der Waals surface area contributed by atoms with E-state index in [0.29, 0.717) is 37.6 Å². The summed E-state index contributed by atoms with van der Waals surface area (Å²) in [4.78, 5) is 12.7. The minimum atomic E-state index is -0.783. The van der Waals surface area contributed by atoms with Gasteiger partial charge in [-0.15, -0.1) is 0 Å². The summed E-state index contributed by atoms with van der Waals surface area (Å²) in [7, 11) is 0. The third kappa shape index (κ3) is 4.78. The molecule has 0 amide bonds. The molecule has 1 saturated heterocycles. The first kappa shape index (κ1) is 22.2. The normalized spacial score (nSPS) is 19.5. The highest BCUT2D eigenvalue weighted by atomic mass is 79.9. The van der Waals surface area contributed by atoms with Crippen LogP contribution in [0.25, 0.3) is 0 Å². The van der Waals surface area contributed by atoms with Crippen molar-refractivity contribution in [3.05, 3.63) is 51.0 Å². The second-order valence-electron chi connectivity index (χ2n) is 6.61. The number of nitriles is 1. The Balaban J connectivity index is 1.98. The second-order valence-corrected chi connectivity index (χ2v) is 7.52. The third-order valence-corrected chi connectivity index (χ3v) is 5.18. The van der Waals surface area contributed by atoms with Crippen LogP contribution in [-0.4, -0.2) is 38.7 Å². The Hall–Kier alpha value is -2.54. The van der Waals surface area contributed by atoms with E-state index in [2.05, 4.69) is 22.0 Å². The van der Waals surface area contributed by atoms with E-state index in [1.165, 1.54) is 0 Å². The van der Waals surface area contributed by atoms with E-state index in [4.69, 9.17) is 29.4 Å². The zero-order valence-electron chi connectivity index (χ0n) is 16.8. The molecule has 30 heavy (non-hydrogen) atoms. The minimum absolute atomic E-state index is 0.0493. The first-order valence-electron chi connectivity index (χ1n) is 9.57. The van der Waals surface area contributed by atoms with Gasteiger partial charge in [-0.3, -0.25) is 0 Å². The van der Waals surface area contributed by atoms with E-state index >= 15 is 0 Å². The maximum absolute atomic E-state index is 12.7. The molecular formula is C21H23BrN2O6. The highest BCUT2D eigenvalue weighted by molar-refractivity contribution is 9.10. The van der Waals surface area contributed by atoms with Crippen molar-refractivity contribution >= 4 is 21.9 Å². The molecule has 1 fully saturated rings. The quantitative estimate of drug-likeness (QED) is 0.594. The summed E-state index contributed by atoms with van der Waals surface area (Å²) < 4.78 is 28.3. The van der Waals surface area contributed by atoms with Gasteiger partial charge in [0.2, 0.25) is 5.88 Å². The number of carbonyl (C=O) groups is 1. The predicted molar refractivity (Wildman–Crippen MR) is 110 cm³/mol. The molecule has 2 N–H and O–H groups in total. The summed E-state index contributed by atoms with van der Waals surface area (Å²) in [6.07, 6.45) is 0.251. The average Bonchev–Trinajstić information content (AvgIpc) is 3.22. The Kier molecular flexibility index (Phi) is 7.37. The van der Waals surface area contributed by atoms with E-state index in [1.54, 1.807) is 26.0 Å². The number of halogens is 1. The van der Waals surface area contributed by atoms with Gasteiger partial charge in [-0.05, 0) is 32.0 Å². The van der Waals surface area contributed by atoms with Gasteiger partial charge in [0.1, 0.15) is 23.2 Å². The molecule has 0 aromatic heterocycles. The zero-order chi connectivity index (χ0) is 21.7. The van der Waals surface area contributed by atoms with Gasteiger partial charge in [0.05, 0.1) is 37.9 Å². The lowest BCUT2D eigenvalue weighted by atomic mass is 9.82. The molecule has 0 radical (unpaired) electrons. The van der Waals surface area contributed by atoms with Crippen molar-refractivity contribution in [1.29, 1.82) is 5.26 Å². The lowest BCUT2D eigenvalue weighted by molar-refractivity contribution is -0.139. The average molecular weight is 479 g/mol. The fourth-order valence-corrected chi connectivity index (χ4v) is 3.76. The van der Waals surface area contributed by atoms with Crippen LogP contribution in [0.1, 0.15) is 31.7 Å². The van der Waals surface area contributed by atoms with Gasteiger partial charge in [0.15, 0.2) is 6.29 Å². The van der Waals surface area contributed by atoms with Crippen molar-refractivity contribution in [1.82, 2.24) is 0 Å². The summed E-state index contributed by atoms with van der Waals surface area (Å²) in [5.74, 6) is -0.605. The molecule has 2 aliphatic rings. The number of hydrogen-bond donors (Lipinski definition) is 1. The molecule has 160 valence electrons. The smallest absolute Gasteiger partial charge is 0.338 e. The van der Waals surface area contributed by atoms with Crippen LogP contribution in [0.3, 0.4) is 0 Å². The van der Waals surface area contributed by atoms with E-state index in [1.807, 2.05) is 6.07 Å². The maximum atomic E-state index is 12.7. The summed E-state index contributed by atoms with van der Waals surface area (Å²) >= 11 is 3.46. The molecule has 0 aliphatic carbocycles. The fourth-order valence-electron chi connectivity index (χ4n) is 3.38. The van der Waals surface area contributed by atoms with Crippen molar-refractivity contribution in [2.75, 3.05) is 26.4 Å². The van der Waals surface area contributed by atoms with Crippen LogP contribution in [0.2, 0.25) is 0 Å². The number of esters is 1. The number of hydrogen-bond acceptors (Lipinski definition) is 8. The topological polar surface area (TPSA) is 113 Å². The predicted octanol–water partition coefficient (Wildman–Crippen LogP) is 3.24. The monoisotopic (exact) mass is 478 g/mol. The maximum Gasteiger partial charge on any atom is 0.338 e. The van der Waals surface area contributed by atoms with Crippen molar-refractivity contribution in [2.24, 2.45) is 5.73 Å². The number of rotatable bonds is 7. The van der Waals surface area contributed by atoms with Crippen LogP contribution in [-0.2, 0) is 23.7 Å². The number of allylic oxidation sites excluding steroid dienone is 2. The Labute approximate surface area is 183 Å². The summed E-state index contributed by atoms with van der Waals surface area (Å²) in [5, 5.41) is 9.76. The second kappa shape index (κ2) is 9.98. The highest BCUT2D eigenvalue weighted by Gasteiger charge is 2.38. The van der Waals surface area contributed by atoms with Gasteiger partial charge in [-0.2, -0.15) is 5.26 Å². The molecule has 9 heteroatoms. The molecular weight excluding hydrogens is 456 g/mol. The van der Waals surface area contributed by atoms with Crippen molar-refractivity contribution in [2.45, 2.75) is 32.5 Å². The van der Waals surface area contributed by atoms with E-state index in [9.17, 15) is 10.1 Å². The first-order valence-corrected chi connectivity index (χ1v) is 10.4. The molecule has 3 rings (SSSR count). The minimum Gasteiger partial charge on any atom is -0.493 e. The molecule has 1 aromatic carbocycles. The molecule has 0 bridgehead atoms. The Bertz CT molecular complexity index is 915. The molecule has 1 atom stereocenters. The van der Waals surface area contributed by atoms with Crippen LogP contribution >= 0.6 is 15.9 Å². The number of nitrogens with zero attached hydrogens (tertiary/aromatic N) is 1. The van der Waals surface area contributed by atoms with Crippen LogP contribution in [0.4, 0.5) is 0 Å². The third-order valence-electron chi connectivity index (χ3n) is 4.69. The van der Waals surface area contributed by atoms with Gasteiger partial charge in [-0.25, -0.2) is 4.79 Å². The number of carbonyl (C=O) groups excluding carboxylic acids is 1. The molecule has 2 aliphatic heterocycles. The SMILES string of the molecule is CCOC(=O)C1=C(C)OC(N)=C(C#N)C1c1cc(Br)ccc1OCCC1OCCO1. The molecule has 2 heterocycles. The fraction of sp³-hybridized carbons (Fsp3) is 0.429. The Morgan fingerprint density at radius 2 is 2.10 bits per heavy atom. The van der Waals surface area contributed by atoms with Gasteiger partial charge in [0, 0.05) is 16.5 Å². The Morgan fingerprint density at radius 1 is 1.37 bits per heavy atom. The number of ether oxygens (including phenoxy) is 5. The van der Waals surface area contributed by atoms with Crippen LogP contribution in [0.15, 0.2) is 45.5 Å². The largest absolute Gasteiger partial charge is 0.493 e. The molecule has 0 saturated carbocycles. The molecule has 1 unspecified atom stereocenters. The van der Waals surface area contributed by atoms with Crippen LogP contribution < -0.4 is 10.5 Å². The van der Waals surface area contributed by atoms with Crippen molar-refractivity contribution in [3.63, 3.8) is 0 Å². The van der Waals surface area contributed by atoms with Gasteiger partial charge in [-0.1, -0.05) is 15.9 Å². The summed E-state index contributed by atoms with van der Waals surface area (Å²) in [6, 6.07) is 7.46. The number of nitrogens with two attached hydrogens (primary N) is 1. The number of benzene rings is 1. The highest BCUT2D eigenvalue weighted by Crippen LogP contribution is 2.44. The van der Waals surface area contributed by atoms with E-state index in [-0.39, 0.29) is 35.7 Å². The Morgan fingerprint density at radius 3 is 2.77 bits per heavy atom. The van der Waals surface area contributed by atoms with Crippen LogP contribution in [0, 0.1) is 11.3 Å². The van der Waals surface area contributed by atoms with E-state index < -0.39 is 11.9 Å². The van der Waals surface area contributed by atoms with E-state index in [0.717, 1.165) is 4.47 Å². The van der Waals surface area contributed by atoms with Crippen molar-refractivity contribution in [3.8, 4) is 11.8 Å². The lowest BCUT2D eigenvalue weighted by Gasteiger charge is -2.28. The van der Waals surface area contributed by atoms with Crippen molar-refractivity contribution < 1.29 is 28.5 Å². The van der Waals surface area contributed by atoms with Gasteiger partial charge >= 0.3 is 5.97 Å². The standard InChI is InChI=1S/C21H23BrN2O6/c1-3-26-21(25)18-12(2)30-20(24)15(11-23)19(18)14-10-13(22)4-5-16(14)27-7-6-17-28-8-9-29-17/h4-5,10,17,19H,3,6-9,24H2,1-2H3. The van der Waals surface area contributed by atoms with Gasteiger partial charge in [0.25, 0.3) is 0 Å². The first-order chi connectivity index (χ1) is 14.5. The molecule has 8 nitrogen and oxygen atoms in total. The molecule has 1 aromatic rings. The lowest BCUT2D eigenvalue weighted by Crippen LogP contribution is -2.26. The van der Waals surface area contributed by atoms with Crippen LogP contribution in [0.5, 0.6) is 5.75 Å². The summed E-state index contributed by atoms with van der Waals surface area (Å²) in [5.41, 5.74) is 6.91. The zero-order valence-corrected chi connectivity index (χ0v) is 18.4. The van der Waals surface area contributed by atoms with Gasteiger partial charge < -0.3 is 29.4 Å².